The first-order valence-electron chi connectivity index (χ1n) is 5.13. The lowest BCUT2D eigenvalue weighted by atomic mass is 10.2. The highest BCUT2D eigenvalue weighted by molar-refractivity contribution is 6.04. The van der Waals surface area contributed by atoms with E-state index in [1.54, 1.807) is 0 Å². The van der Waals surface area contributed by atoms with Crippen LogP contribution in [0.4, 0.5) is 4.79 Å². The van der Waals surface area contributed by atoms with Crippen LogP contribution in [0.15, 0.2) is 0 Å². The molecule has 0 radical (unpaired) electrons. The van der Waals surface area contributed by atoms with Crippen LogP contribution < -0.4 is 10.6 Å². The molecular weight excluding hydrogens is 262 g/mol. The predicted molar refractivity (Wildman–Crippen MR) is 56.9 cm³/mol. The Morgan fingerprint density at radius 2 is 1.95 bits per heavy atom. The van der Waals surface area contributed by atoms with Gasteiger partial charge in [-0.15, -0.1) is 0 Å². The molecule has 19 heavy (non-hydrogen) atoms. The van der Waals surface area contributed by atoms with Gasteiger partial charge in [-0.3, -0.25) is 19.3 Å². The van der Waals surface area contributed by atoms with Crippen molar-refractivity contribution in [2.45, 2.75) is 12.5 Å². The van der Waals surface area contributed by atoms with Gasteiger partial charge in [0, 0.05) is 0 Å². The van der Waals surface area contributed by atoms with Gasteiger partial charge < -0.3 is 20.8 Å². The van der Waals surface area contributed by atoms with E-state index in [9.17, 15) is 24.0 Å². The molecule has 0 aromatic carbocycles. The van der Waals surface area contributed by atoms with Gasteiger partial charge in [0.25, 0.3) is 5.91 Å². The molecule has 4 N–H and O–H groups in total. The monoisotopic (exact) mass is 273 g/mol. The minimum atomic E-state index is -1.62. The van der Waals surface area contributed by atoms with E-state index in [-0.39, 0.29) is 6.54 Å². The molecule has 10 heteroatoms. The second kappa shape index (κ2) is 5.80. The van der Waals surface area contributed by atoms with Crippen LogP contribution in [0.2, 0.25) is 0 Å². The lowest BCUT2D eigenvalue weighted by Crippen LogP contribution is -2.47. The van der Waals surface area contributed by atoms with Crippen molar-refractivity contribution >= 4 is 29.8 Å². The number of hydrogen-bond donors (Lipinski definition) is 4. The number of amides is 4. The highest BCUT2D eigenvalue weighted by Gasteiger charge is 2.31. The number of carbonyl (C=O) groups is 5. The molecule has 1 aliphatic heterocycles. The minimum Gasteiger partial charge on any atom is -0.481 e. The Labute approximate surface area is 106 Å². The largest absolute Gasteiger partial charge is 0.481 e. The van der Waals surface area contributed by atoms with Crippen molar-refractivity contribution in [3.63, 3.8) is 0 Å². The minimum absolute atomic E-state index is 0.233. The highest BCUT2D eigenvalue weighted by Crippen LogP contribution is 1.99. The summed E-state index contributed by atoms with van der Waals surface area (Å²) in [5.74, 6) is -4.47. The van der Waals surface area contributed by atoms with Crippen molar-refractivity contribution in [1.29, 1.82) is 0 Å². The van der Waals surface area contributed by atoms with Crippen LogP contribution in [0, 0.1) is 0 Å². The van der Waals surface area contributed by atoms with Gasteiger partial charge in [0.15, 0.2) is 0 Å². The zero-order valence-corrected chi connectivity index (χ0v) is 9.58. The predicted octanol–water partition coefficient (Wildman–Crippen LogP) is -2.42. The Hall–Kier alpha value is -2.65. The number of nitrogens with one attached hydrogen (secondary N) is 2. The number of carbonyl (C=O) groups excluding carboxylic acids is 3. The molecule has 1 saturated heterocycles. The fourth-order valence-corrected chi connectivity index (χ4v) is 1.37. The summed E-state index contributed by atoms with van der Waals surface area (Å²) in [6.07, 6.45) is -0.804. The Balaban J connectivity index is 2.57. The van der Waals surface area contributed by atoms with Crippen LogP contribution in [0.5, 0.6) is 0 Å². The summed E-state index contributed by atoms with van der Waals surface area (Å²) in [6.45, 7) is -0.891. The molecule has 1 aliphatic rings. The van der Waals surface area contributed by atoms with Crippen LogP contribution in [0.25, 0.3) is 0 Å². The Kier molecular flexibility index (Phi) is 4.40. The molecule has 10 nitrogen and oxygen atoms in total. The third-order valence-electron chi connectivity index (χ3n) is 2.25. The van der Waals surface area contributed by atoms with Crippen LogP contribution in [-0.4, -0.2) is 64.0 Å². The van der Waals surface area contributed by atoms with Crippen molar-refractivity contribution < 1.29 is 34.2 Å². The normalized spacial score (nSPS) is 15.9. The van der Waals surface area contributed by atoms with Crippen LogP contribution in [0.3, 0.4) is 0 Å². The van der Waals surface area contributed by atoms with E-state index in [0.717, 1.165) is 0 Å². The molecule has 1 unspecified atom stereocenters. The van der Waals surface area contributed by atoms with E-state index in [1.165, 1.54) is 0 Å². The number of imide groups is 1. The fourth-order valence-electron chi connectivity index (χ4n) is 1.37. The first-order valence-corrected chi connectivity index (χ1v) is 5.13. The standard InChI is InChI=1S/C9H11N3O7/c13-5(3-12-6(14)2-10-9(12)19)11-4(8(17)18)1-7(15)16/h4H,1-3H2,(H,10,19)(H,11,13)(H,15,16)(H,17,18). The average Bonchev–Trinajstić information content (AvgIpc) is 2.59. The van der Waals surface area contributed by atoms with E-state index in [4.69, 9.17) is 10.2 Å². The van der Waals surface area contributed by atoms with E-state index >= 15 is 0 Å². The molecule has 1 rings (SSSR count). The molecule has 1 heterocycles. The number of nitrogens with zero attached hydrogens (tertiary/aromatic N) is 1. The molecule has 4 amide bonds. The lowest BCUT2D eigenvalue weighted by Gasteiger charge is -2.15. The van der Waals surface area contributed by atoms with Crippen molar-refractivity contribution in [3.8, 4) is 0 Å². The first-order chi connectivity index (χ1) is 8.81. The van der Waals surface area contributed by atoms with Gasteiger partial charge in [-0.05, 0) is 0 Å². The third kappa shape index (κ3) is 3.94. The van der Waals surface area contributed by atoms with Crippen molar-refractivity contribution in [3.05, 3.63) is 0 Å². The van der Waals surface area contributed by atoms with E-state index < -0.39 is 48.8 Å². The maximum atomic E-state index is 11.4. The van der Waals surface area contributed by atoms with Gasteiger partial charge in [0.1, 0.15) is 12.6 Å². The second-order valence-corrected chi connectivity index (χ2v) is 3.69. The van der Waals surface area contributed by atoms with Gasteiger partial charge in [0.05, 0.1) is 13.0 Å². The first kappa shape index (κ1) is 14.4. The molecule has 0 saturated carbocycles. The summed E-state index contributed by atoms with van der Waals surface area (Å²) in [5, 5.41) is 21.3. The fraction of sp³-hybridized carbons (Fsp3) is 0.444. The van der Waals surface area contributed by atoms with Gasteiger partial charge in [0.2, 0.25) is 5.91 Å². The molecule has 0 aromatic rings. The second-order valence-electron chi connectivity index (χ2n) is 3.69. The smallest absolute Gasteiger partial charge is 0.326 e. The average molecular weight is 273 g/mol. The van der Waals surface area contributed by atoms with Crippen molar-refractivity contribution in [2.75, 3.05) is 13.1 Å². The Morgan fingerprint density at radius 3 is 2.37 bits per heavy atom. The molecule has 0 aliphatic carbocycles. The summed E-state index contributed by atoms with van der Waals surface area (Å²) < 4.78 is 0. The maximum Gasteiger partial charge on any atom is 0.326 e. The van der Waals surface area contributed by atoms with Gasteiger partial charge in [-0.25, -0.2) is 9.59 Å². The molecule has 104 valence electrons. The summed E-state index contributed by atoms with van der Waals surface area (Å²) in [7, 11) is 0. The number of aliphatic carboxylic acids is 2. The highest BCUT2D eigenvalue weighted by atomic mass is 16.4. The quantitative estimate of drug-likeness (QED) is 0.393. The van der Waals surface area contributed by atoms with E-state index in [1.807, 2.05) is 5.32 Å². The van der Waals surface area contributed by atoms with Crippen molar-refractivity contribution in [1.82, 2.24) is 15.5 Å². The Morgan fingerprint density at radius 1 is 1.32 bits per heavy atom. The van der Waals surface area contributed by atoms with Crippen molar-refractivity contribution in [2.24, 2.45) is 0 Å². The topological polar surface area (TPSA) is 153 Å². The van der Waals surface area contributed by atoms with E-state index in [2.05, 4.69) is 5.32 Å². The van der Waals surface area contributed by atoms with Crippen LogP contribution >= 0.6 is 0 Å². The summed E-state index contributed by atoms with van der Waals surface area (Å²) in [6, 6.07) is -2.38. The molecule has 1 atom stereocenters. The third-order valence-corrected chi connectivity index (χ3v) is 2.25. The lowest BCUT2D eigenvalue weighted by molar-refractivity contribution is -0.147. The molecule has 0 aromatic heterocycles. The summed E-state index contributed by atoms with van der Waals surface area (Å²) in [4.78, 5) is 55.4. The SMILES string of the molecule is O=C(O)CC(NC(=O)CN1C(=O)CNC1=O)C(=O)O. The molecule has 0 spiro atoms. The number of carboxylic acid groups (broad SMARTS) is 2. The number of hydrogen-bond acceptors (Lipinski definition) is 5. The number of urea groups is 1. The zero-order chi connectivity index (χ0) is 14.6. The van der Waals surface area contributed by atoms with Gasteiger partial charge >= 0.3 is 18.0 Å². The molecular formula is C9H11N3O7. The molecule has 0 bridgehead atoms. The number of rotatable bonds is 6. The van der Waals surface area contributed by atoms with Gasteiger partial charge in [-0.1, -0.05) is 0 Å². The Bertz CT molecular complexity index is 431. The summed E-state index contributed by atoms with van der Waals surface area (Å²) in [5.41, 5.74) is 0. The van der Waals surface area contributed by atoms with E-state index in [0.29, 0.717) is 4.90 Å². The zero-order valence-electron chi connectivity index (χ0n) is 9.58. The summed E-state index contributed by atoms with van der Waals surface area (Å²) >= 11 is 0. The van der Waals surface area contributed by atoms with Gasteiger partial charge in [-0.2, -0.15) is 0 Å². The number of carboxylic acids is 2. The van der Waals surface area contributed by atoms with Crippen LogP contribution in [0.1, 0.15) is 6.42 Å². The molecule has 1 fully saturated rings. The maximum absolute atomic E-state index is 11.4. The van der Waals surface area contributed by atoms with Crippen LogP contribution in [-0.2, 0) is 19.2 Å².